The normalized spacial score (nSPS) is 14.2. The highest BCUT2D eigenvalue weighted by Gasteiger charge is 2.17. The fraction of sp³-hybridized carbons (Fsp3) is 0.364. The molecule has 0 aliphatic carbocycles. The predicted molar refractivity (Wildman–Crippen MR) is 126 cm³/mol. The average molecular weight is 492 g/mol. The molecule has 2 aromatic rings. The van der Waals surface area contributed by atoms with Crippen molar-refractivity contribution >= 4 is 35.5 Å². The molecule has 0 bridgehead atoms. The third-order valence-electron chi connectivity index (χ3n) is 5.03. The van der Waals surface area contributed by atoms with Gasteiger partial charge in [0.05, 0.1) is 19.3 Å². The van der Waals surface area contributed by atoms with Crippen molar-refractivity contribution in [1.29, 1.82) is 0 Å². The van der Waals surface area contributed by atoms with Crippen molar-refractivity contribution < 1.29 is 4.74 Å². The molecule has 6 heteroatoms. The average Bonchev–Trinajstić information content (AvgIpc) is 2.71. The Bertz CT molecular complexity index is 849. The highest BCUT2D eigenvalue weighted by Crippen LogP contribution is 2.24. The van der Waals surface area contributed by atoms with Gasteiger partial charge in [0.2, 0.25) is 0 Å². The van der Waals surface area contributed by atoms with E-state index in [2.05, 4.69) is 56.6 Å². The van der Waals surface area contributed by atoms with Crippen molar-refractivity contribution in [2.24, 2.45) is 4.99 Å². The first-order chi connectivity index (χ1) is 13.1. The Morgan fingerprint density at radius 1 is 1.25 bits per heavy atom. The van der Waals surface area contributed by atoms with Crippen LogP contribution >= 0.6 is 24.0 Å². The largest absolute Gasteiger partial charge is 0.496 e. The third-order valence-corrected chi connectivity index (χ3v) is 5.03. The molecule has 0 amide bonds. The van der Waals surface area contributed by atoms with Gasteiger partial charge in [-0.2, -0.15) is 0 Å². The lowest BCUT2D eigenvalue weighted by atomic mass is 10.00. The van der Waals surface area contributed by atoms with Gasteiger partial charge in [0.15, 0.2) is 5.96 Å². The van der Waals surface area contributed by atoms with E-state index in [1.54, 1.807) is 7.11 Å². The lowest BCUT2D eigenvalue weighted by Gasteiger charge is -2.30. The highest BCUT2D eigenvalue weighted by molar-refractivity contribution is 14.0. The Kier molecular flexibility index (Phi) is 8.29. The molecule has 0 spiro atoms. The van der Waals surface area contributed by atoms with Gasteiger partial charge in [0.1, 0.15) is 5.75 Å². The van der Waals surface area contributed by atoms with E-state index in [9.17, 15) is 0 Å². The molecule has 28 heavy (non-hydrogen) atoms. The second-order valence-corrected chi connectivity index (χ2v) is 6.74. The molecule has 150 valence electrons. The van der Waals surface area contributed by atoms with Gasteiger partial charge < -0.3 is 15.0 Å². The van der Waals surface area contributed by atoms with E-state index in [-0.39, 0.29) is 24.0 Å². The molecule has 0 saturated heterocycles. The van der Waals surface area contributed by atoms with Crippen molar-refractivity contribution in [1.82, 2.24) is 15.2 Å². The van der Waals surface area contributed by atoms with Crippen LogP contribution in [0.15, 0.2) is 47.6 Å². The lowest BCUT2D eigenvalue weighted by molar-refractivity contribution is 0.406. The first kappa shape index (κ1) is 22.2. The zero-order valence-corrected chi connectivity index (χ0v) is 19.4. The molecule has 0 fully saturated rings. The number of nitrogens with one attached hydrogen (secondary N) is 1. The van der Waals surface area contributed by atoms with E-state index in [1.807, 2.05) is 27.1 Å². The van der Waals surface area contributed by atoms with E-state index in [0.29, 0.717) is 6.54 Å². The number of nitrogens with zero attached hydrogens (tertiary/aromatic N) is 3. The summed E-state index contributed by atoms with van der Waals surface area (Å²) < 4.78 is 5.50. The molecule has 1 aliphatic heterocycles. The van der Waals surface area contributed by atoms with Crippen LogP contribution in [0.4, 0.5) is 0 Å². The molecule has 1 aromatic heterocycles. The van der Waals surface area contributed by atoms with Gasteiger partial charge >= 0.3 is 0 Å². The van der Waals surface area contributed by atoms with Crippen molar-refractivity contribution in [2.75, 3.05) is 27.2 Å². The summed E-state index contributed by atoms with van der Waals surface area (Å²) in [6.07, 6.45) is 5.17. The summed E-state index contributed by atoms with van der Waals surface area (Å²) in [6.45, 7) is 6.49. The molecule has 1 aliphatic rings. The maximum Gasteiger partial charge on any atom is 0.194 e. The van der Waals surface area contributed by atoms with E-state index in [1.165, 1.54) is 11.1 Å². The van der Waals surface area contributed by atoms with Crippen LogP contribution in [0.25, 0.3) is 5.57 Å². The van der Waals surface area contributed by atoms with Crippen molar-refractivity contribution in [3.05, 3.63) is 65.0 Å². The number of pyridine rings is 1. The Morgan fingerprint density at radius 3 is 2.61 bits per heavy atom. The molecule has 0 radical (unpaired) electrons. The highest BCUT2D eigenvalue weighted by atomic mass is 127. The molecule has 1 aromatic carbocycles. The standard InChI is InChI=1S/C22H28N4O.HI/c1-16-14-24-20(17(2)21(16)27-4)15-25-22(23-3)26-12-10-19(11-13-26)18-8-6-5-7-9-18;/h5-10,14H,11-13,15H2,1-4H3,(H,23,25);1H. The minimum absolute atomic E-state index is 0. The predicted octanol–water partition coefficient (Wildman–Crippen LogP) is 4.19. The molecule has 2 heterocycles. The summed E-state index contributed by atoms with van der Waals surface area (Å²) in [6, 6.07) is 10.6. The second kappa shape index (κ2) is 10.5. The van der Waals surface area contributed by atoms with Gasteiger partial charge in [0, 0.05) is 37.5 Å². The van der Waals surface area contributed by atoms with Crippen LogP contribution in [0.5, 0.6) is 5.75 Å². The summed E-state index contributed by atoms with van der Waals surface area (Å²) >= 11 is 0. The van der Waals surface area contributed by atoms with E-state index >= 15 is 0 Å². The fourth-order valence-electron chi connectivity index (χ4n) is 3.52. The quantitative estimate of drug-likeness (QED) is 0.395. The summed E-state index contributed by atoms with van der Waals surface area (Å²) in [4.78, 5) is 11.3. The molecular weight excluding hydrogens is 463 g/mol. The van der Waals surface area contributed by atoms with Crippen LogP contribution in [-0.4, -0.2) is 43.1 Å². The lowest BCUT2D eigenvalue weighted by Crippen LogP contribution is -2.43. The summed E-state index contributed by atoms with van der Waals surface area (Å²) in [5.74, 6) is 1.81. The molecule has 0 unspecified atom stereocenters. The van der Waals surface area contributed by atoms with Crippen molar-refractivity contribution in [3.8, 4) is 5.75 Å². The number of ether oxygens (including phenoxy) is 1. The van der Waals surface area contributed by atoms with Crippen LogP contribution in [0, 0.1) is 13.8 Å². The molecule has 3 rings (SSSR count). The molecular formula is C22H29IN4O. The number of benzene rings is 1. The van der Waals surface area contributed by atoms with Gasteiger partial charge in [-0.3, -0.25) is 9.98 Å². The van der Waals surface area contributed by atoms with Gasteiger partial charge in [-0.25, -0.2) is 0 Å². The van der Waals surface area contributed by atoms with Gasteiger partial charge in [-0.05, 0) is 31.4 Å². The van der Waals surface area contributed by atoms with Crippen LogP contribution < -0.4 is 10.1 Å². The van der Waals surface area contributed by atoms with E-state index in [0.717, 1.165) is 48.0 Å². The molecule has 0 saturated carbocycles. The van der Waals surface area contributed by atoms with Crippen molar-refractivity contribution in [3.63, 3.8) is 0 Å². The SMILES string of the molecule is CN=C(NCc1ncc(C)c(OC)c1C)N1CC=C(c2ccccc2)CC1.I. The smallest absolute Gasteiger partial charge is 0.194 e. The van der Waals surface area contributed by atoms with Crippen molar-refractivity contribution in [2.45, 2.75) is 26.8 Å². The maximum absolute atomic E-state index is 5.50. The maximum atomic E-state index is 5.50. The van der Waals surface area contributed by atoms with Gasteiger partial charge in [0.25, 0.3) is 0 Å². The van der Waals surface area contributed by atoms with E-state index < -0.39 is 0 Å². The number of rotatable bonds is 4. The topological polar surface area (TPSA) is 49.8 Å². The minimum atomic E-state index is 0. The van der Waals surface area contributed by atoms with Gasteiger partial charge in [-0.1, -0.05) is 36.4 Å². The van der Waals surface area contributed by atoms with Crippen LogP contribution in [0.3, 0.4) is 0 Å². The molecule has 0 atom stereocenters. The van der Waals surface area contributed by atoms with Crippen LogP contribution in [0.1, 0.15) is 28.8 Å². The summed E-state index contributed by atoms with van der Waals surface area (Å²) in [5.41, 5.74) is 5.83. The zero-order valence-electron chi connectivity index (χ0n) is 17.0. The minimum Gasteiger partial charge on any atom is -0.496 e. The summed E-state index contributed by atoms with van der Waals surface area (Å²) in [5, 5.41) is 3.45. The first-order valence-electron chi connectivity index (χ1n) is 9.33. The number of hydrogen-bond donors (Lipinski definition) is 1. The number of aliphatic imine (C=N–C) groups is 1. The Hall–Kier alpha value is -2.09. The number of aromatic nitrogens is 1. The van der Waals surface area contributed by atoms with Crippen LogP contribution in [0.2, 0.25) is 0 Å². The number of aryl methyl sites for hydroxylation is 1. The number of methoxy groups -OCH3 is 1. The summed E-state index contributed by atoms with van der Waals surface area (Å²) in [7, 11) is 3.53. The number of halogens is 1. The van der Waals surface area contributed by atoms with Crippen LogP contribution in [-0.2, 0) is 6.54 Å². The first-order valence-corrected chi connectivity index (χ1v) is 9.33. The fourth-order valence-corrected chi connectivity index (χ4v) is 3.52. The Labute approximate surface area is 184 Å². The zero-order chi connectivity index (χ0) is 19.2. The molecule has 5 nitrogen and oxygen atoms in total. The monoisotopic (exact) mass is 492 g/mol. The Balaban J connectivity index is 0.00000280. The van der Waals surface area contributed by atoms with E-state index in [4.69, 9.17) is 4.74 Å². The molecule has 1 N–H and O–H groups in total. The van der Waals surface area contributed by atoms with Gasteiger partial charge in [-0.15, -0.1) is 24.0 Å². The second-order valence-electron chi connectivity index (χ2n) is 6.74. The Morgan fingerprint density at radius 2 is 2.00 bits per heavy atom. The number of hydrogen-bond acceptors (Lipinski definition) is 3. The number of guanidine groups is 1. The third kappa shape index (κ3) is 5.04.